The minimum Gasteiger partial charge on any atom is -0.348 e. The Labute approximate surface area is 172 Å². The molecular weight excluding hydrogens is 394 g/mol. The van der Waals surface area contributed by atoms with Crippen molar-refractivity contribution in [3.63, 3.8) is 0 Å². The Morgan fingerprint density at radius 1 is 1.43 bits per heavy atom. The van der Waals surface area contributed by atoms with Gasteiger partial charge in [0.1, 0.15) is 11.4 Å². The third kappa shape index (κ3) is 3.59. The van der Waals surface area contributed by atoms with Crippen LogP contribution in [0.15, 0.2) is 35.4 Å². The van der Waals surface area contributed by atoms with E-state index in [0.29, 0.717) is 16.3 Å². The number of hydrogen-bond donors (Lipinski definition) is 1. The largest absolute Gasteiger partial charge is 0.348 e. The van der Waals surface area contributed by atoms with E-state index in [0.717, 1.165) is 35.2 Å². The second kappa shape index (κ2) is 7.68. The molecule has 1 aliphatic carbocycles. The van der Waals surface area contributed by atoms with E-state index in [1.807, 2.05) is 25.1 Å². The van der Waals surface area contributed by atoms with Crippen LogP contribution in [0.25, 0.3) is 10.2 Å². The zero-order chi connectivity index (χ0) is 19.8. The van der Waals surface area contributed by atoms with Crippen LogP contribution in [0, 0.1) is 5.92 Å². The van der Waals surface area contributed by atoms with Crippen LogP contribution in [-0.2, 0) is 24.2 Å². The lowest BCUT2D eigenvalue weighted by Crippen LogP contribution is -2.34. The molecule has 2 aromatic heterocycles. The average Bonchev–Trinajstić information content (AvgIpc) is 3.02. The van der Waals surface area contributed by atoms with Gasteiger partial charge in [0, 0.05) is 9.90 Å². The zero-order valence-electron chi connectivity index (χ0n) is 15.9. The van der Waals surface area contributed by atoms with E-state index >= 15 is 0 Å². The maximum atomic E-state index is 13.0. The second-order valence-corrected chi connectivity index (χ2v) is 9.01. The van der Waals surface area contributed by atoms with Crippen molar-refractivity contribution in [3.05, 3.63) is 62.0 Å². The molecule has 1 aromatic carbocycles. The molecule has 0 aliphatic heterocycles. The first-order valence-electron chi connectivity index (χ1n) is 9.47. The highest BCUT2D eigenvalue weighted by atomic mass is 35.5. The quantitative estimate of drug-likeness (QED) is 0.697. The number of aryl methyl sites for hydroxylation is 1. The molecule has 146 valence electrons. The molecule has 0 fully saturated rings. The van der Waals surface area contributed by atoms with Gasteiger partial charge in [-0.25, -0.2) is 4.98 Å². The van der Waals surface area contributed by atoms with E-state index in [4.69, 9.17) is 11.6 Å². The summed E-state index contributed by atoms with van der Waals surface area (Å²) in [5.41, 5.74) is 1.85. The van der Waals surface area contributed by atoms with Crippen LogP contribution < -0.4 is 10.9 Å². The first kappa shape index (κ1) is 19.2. The Kier molecular flexibility index (Phi) is 5.25. The minimum atomic E-state index is -0.246. The third-order valence-corrected chi connectivity index (χ3v) is 6.85. The number of amides is 1. The van der Waals surface area contributed by atoms with Crippen molar-refractivity contribution in [1.29, 1.82) is 0 Å². The molecule has 4 rings (SSSR count). The SMILES string of the molecule is C[C@H]1CCc2c(sc3ncn(CC(=O)N[C@H](C)c4ccccc4Cl)c(=O)c23)C1. The van der Waals surface area contributed by atoms with Crippen LogP contribution in [0.1, 0.15) is 42.3 Å². The van der Waals surface area contributed by atoms with Crippen molar-refractivity contribution >= 4 is 39.1 Å². The minimum absolute atomic E-state index is 0.0579. The van der Waals surface area contributed by atoms with Crippen molar-refractivity contribution < 1.29 is 4.79 Å². The lowest BCUT2D eigenvalue weighted by molar-refractivity contribution is -0.122. The van der Waals surface area contributed by atoms with Gasteiger partial charge in [0.25, 0.3) is 5.56 Å². The van der Waals surface area contributed by atoms with Crippen molar-refractivity contribution in [1.82, 2.24) is 14.9 Å². The van der Waals surface area contributed by atoms with E-state index in [1.54, 1.807) is 17.4 Å². The van der Waals surface area contributed by atoms with Gasteiger partial charge in [-0.15, -0.1) is 11.3 Å². The van der Waals surface area contributed by atoms with Crippen LogP contribution in [0.2, 0.25) is 5.02 Å². The Balaban J connectivity index is 1.56. The highest BCUT2D eigenvalue weighted by Gasteiger charge is 2.23. The first-order valence-corrected chi connectivity index (χ1v) is 10.7. The fourth-order valence-corrected chi connectivity index (χ4v) is 5.46. The molecule has 0 saturated heterocycles. The van der Waals surface area contributed by atoms with Gasteiger partial charge in [0.05, 0.1) is 17.8 Å². The summed E-state index contributed by atoms with van der Waals surface area (Å²) < 4.78 is 1.40. The number of fused-ring (bicyclic) bond motifs is 3. The molecule has 1 amide bonds. The van der Waals surface area contributed by atoms with E-state index in [-0.39, 0.29) is 24.1 Å². The van der Waals surface area contributed by atoms with Gasteiger partial charge in [-0.2, -0.15) is 0 Å². The number of hydrogen-bond acceptors (Lipinski definition) is 4. The molecule has 0 radical (unpaired) electrons. The number of aromatic nitrogens is 2. The lowest BCUT2D eigenvalue weighted by atomic mass is 9.89. The van der Waals surface area contributed by atoms with Gasteiger partial charge in [0.2, 0.25) is 5.91 Å². The molecule has 0 unspecified atom stereocenters. The standard InChI is InChI=1S/C21H22ClN3O2S/c1-12-7-8-15-17(9-12)28-20-19(15)21(27)25(11-23-20)10-18(26)24-13(2)14-5-3-4-6-16(14)22/h3-6,11-13H,7-10H2,1-2H3,(H,24,26)/t12-,13+/m0/s1. The normalized spacial score (nSPS) is 17.3. The summed E-state index contributed by atoms with van der Waals surface area (Å²) in [6.45, 7) is 4.06. The number of halogens is 1. The maximum absolute atomic E-state index is 13.0. The zero-order valence-corrected chi connectivity index (χ0v) is 17.4. The first-order chi connectivity index (χ1) is 13.4. The van der Waals surface area contributed by atoms with E-state index in [1.165, 1.54) is 15.8 Å². The number of rotatable bonds is 4. The molecule has 2 atom stereocenters. The van der Waals surface area contributed by atoms with Gasteiger partial charge in [-0.3, -0.25) is 14.2 Å². The highest BCUT2D eigenvalue weighted by Crippen LogP contribution is 2.35. The monoisotopic (exact) mass is 415 g/mol. The molecule has 0 spiro atoms. The Morgan fingerprint density at radius 2 is 2.21 bits per heavy atom. The summed E-state index contributed by atoms with van der Waals surface area (Å²) in [5, 5.41) is 4.22. The van der Waals surface area contributed by atoms with Gasteiger partial charge >= 0.3 is 0 Å². The summed E-state index contributed by atoms with van der Waals surface area (Å²) in [6.07, 6.45) is 4.48. The van der Waals surface area contributed by atoms with E-state index in [2.05, 4.69) is 17.2 Å². The Hall–Kier alpha value is -2.18. The Morgan fingerprint density at radius 3 is 3.00 bits per heavy atom. The van der Waals surface area contributed by atoms with Crippen LogP contribution in [0.3, 0.4) is 0 Å². The third-order valence-electron chi connectivity index (χ3n) is 5.35. The predicted molar refractivity (Wildman–Crippen MR) is 113 cm³/mol. The molecular formula is C21H22ClN3O2S. The number of carbonyl (C=O) groups excluding carboxylic acids is 1. The van der Waals surface area contributed by atoms with Crippen LogP contribution in [0.5, 0.6) is 0 Å². The highest BCUT2D eigenvalue weighted by molar-refractivity contribution is 7.18. The van der Waals surface area contributed by atoms with Gasteiger partial charge < -0.3 is 5.32 Å². The molecule has 5 nitrogen and oxygen atoms in total. The average molecular weight is 416 g/mol. The van der Waals surface area contributed by atoms with Gasteiger partial charge in [-0.05, 0) is 49.3 Å². The molecule has 28 heavy (non-hydrogen) atoms. The Bertz CT molecular complexity index is 1100. The molecule has 0 bridgehead atoms. The fraction of sp³-hybridized carbons (Fsp3) is 0.381. The summed E-state index contributed by atoms with van der Waals surface area (Å²) >= 11 is 7.82. The molecule has 1 aliphatic rings. The van der Waals surface area contributed by atoms with E-state index in [9.17, 15) is 9.59 Å². The molecule has 7 heteroatoms. The number of nitrogens with one attached hydrogen (secondary N) is 1. The van der Waals surface area contributed by atoms with Crippen molar-refractivity contribution in [2.24, 2.45) is 5.92 Å². The molecule has 2 heterocycles. The summed E-state index contributed by atoms with van der Waals surface area (Å²) in [4.78, 5) is 32.1. The molecule has 1 N–H and O–H groups in total. The van der Waals surface area contributed by atoms with Crippen LogP contribution in [-0.4, -0.2) is 15.5 Å². The van der Waals surface area contributed by atoms with Crippen molar-refractivity contribution in [2.45, 2.75) is 45.7 Å². The van der Waals surface area contributed by atoms with Gasteiger partial charge in [-0.1, -0.05) is 36.7 Å². The van der Waals surface area contributed by atoms with Crippen molar-refractivity contribution in [3.8, 4) is 0 Å². The summed E-state index contributed by atoms with van der Waals surface area (Å²) in [5.74, 6) is 0.397. The smallest absolute Gasteiger partial charge is 0.262 e. The van der Waals surface area contributed by atoms with Crippen LogP contribution in [0.4, 0.5) is 0 Å². The molecule has 0 saturated carbocycles. The second-order valence-electron chi connectivity index (χ2n) is 7.52. The molecule has 3 aromatic rings. The number of nitrogens with zero attached hydrogens (tertiary/aromatic N) is 2. The number of thiophene rings is 1. The summed E-state index contributed by atoms with van der Waals surface area (Å²) in [7, 11) is 0. The number of carbonyl (C=O) groups is 1. The maximum Gasteiger partial charge on any atom is 0.262 e. The fourth-order valence-electron chi connectivity index (χ4n) is 3.82. The van der Waals surface area contributed by atoms with E-state index < -0.39 is 0 Å². The predicted octanol–water partition coefficient (Wildman–Crippen LogP) is 4.11. The number of benzene rings is 1. The van der Waals surface area contributed by atoms with Gasteiger partial charge in [0.15, 0.2) is 0 Å². The van der Waals surface area contributed by atoms with Crippen molar-refractivity contribution in [2.75, 3.05) is 0 Å². The van der Waals surface area contributed by atoms with Crippen LogP contribution >= 0.6 is 22.9 Å². The topological polar surface area (TPSA) is 64.0 Å². The summed E-state index contributed by atoms with van der Waals surface area (Å²) in [6, 6.07) is 7.16. The lowest BCUT2D eigenvalue weighted by Gasteiger charge is -2.17.